The van der Waals surface area contributed by atoms with Crippen LogP contribution in [0.5, 0.6) is 0 Å². The van der Waals surface area contributed by atoms with Crippen LogP contribution in [0.4, 0.5) is 17.5 Å². The zero-order valence-electron chi connectivity index (χ0n) is 25.9. The van der Waals surface area contributed by atoms with Crippen molar-refractivity contribution in [1.82, 2.24) is 9.97 Å². The van der Waals surface area contributed by atoms with E-state index in [-0.39, 0.29) is 22.4 Å². The molecule has 1 aliphatic carbocycles. The highest BCUT2D eigenvalue weighted by Gasteiger charge is 2.39. The lowest BCUT2D eigenvalue weighted by molar-refractivity contribution is 0.0341. The topological polar surface area (TPSA) is 101 Å². The van der Waals surface area contributed by atoms with Gasteiger partial charge in [-0.15, -0.1) is 0 Å². The number of nitriles is 1. The van der Waals surface area contributed by atoms with Gasteiger partial charge < -0.3 is 24.4 Å². The average Bonchev–Trinajstić information content (AvgIpc) is 2.89. The Morgan fingerprint density at radius 3 is 2.54 bits per heavy atom. The number of hydrogen-bond donors (Lipinski definition) is 2. The van der Waals surface area contributed by atoms with Crippen LogP contribution < -0.4 is 16.1 Å². The third kappa shape index (κ3) is 7.82. The number of anilines is 3. The lowest BCUT2D eigenvalue weighted by Crippen LogP contribution is -2.50. The molecule has 0 radical (unpaired) electrons. The fraction of sp³-hybridized carbons (Fsp3) is 0.633. The van der Waals surface area contributed by atoms with Gasteiger partial charge >= 0.3 is 7.12 Å². The van der Waals surface area contributed by atoms with Gasteiger partial charge in [0.05, 0.1) is 24.8 Å². The Morgan fingerprint density at radius 2 is 1.88 bits per heavy atom. The quantitative estimate of drug-likeness (QED) is 0.315. The highest BCUT2D eigenvalue weighted by molar-refractivity contribution is 6.74. The maximum Gasteiger partial charge on any atom is 0.494 e. The van der Waals surface area contributed by atoms with Crippen LogP contribution in [0.1, 0.15) is 71.4 Å². The summed E-state index contributed by atoms with van der Waals surface area (Å²) in [5.74, 6) is 0.911. The molecule has 1 aromatic heterocycles. The number of benzene rings is 1. The van der Waals surface area contributed by atoms with E-state index in [1.807, 2.05) is 0 Å². The van der Waals surface area contributed by atoms with Crippen LogP contribution in [0.25, 0.3) is 0 Å². The summed E-state index contributed by atoms with van der Waals surface area (Å²) in [5.41, 5.74) is 3.90. The van der Waals surface area contributed by atoms with E-state index in [1.165, 1.54) is 0 Å². The van der Waals surface area contributed by atoms with Crippen molar-refractivity contribution in [2.75, 3.05) is 23.8 Å². The lowest BCUT2D eigenvalue weighted by Gasteiger charge is -2.37. The Bertz CT molecular complexity index is 1270. The van der Waals surface area contributed by atoms with Gasteiger partial charge in [0.25, 0.3) is 0 Å². The van der Waals surface area contributed by atoms with Gasteiger partial charge in [-0.05, 0) is 66.6 Å². The zero-order valence-corrected chi connectivity index (χ0v) is 27.6. The second-order valence-corrected chi connectivity index (χ2v) is 19.0. The SMILES string of the molecule is Cc1cc(Nc2ncc(Cl)c(N[C@@H]3CCCC[C@H]3C#N)n2)cc(CO[Si](C)(C)C(C)(C)C)c1B1OCC(C)(C)CO1. The molecule has 2 fully saturated rings. The third-order valence-electron chi connectivity index (χ3n) is 8.61. The van der Waals surface area contributed by atoms with Crippen LogP contribution in [-0.4, -0.2) is 44.7 Å². The van der Waals surface area contributed by atoms with Gasteiger partial charge in [-0.2, -0.15) is 10.2 Å². The van der Waals surface area contributed by atoms with Crippen molar-refractivity contribution in [2.24, 2.45) is 11.3 Å². The van der Waals surface area contributed by atoms with Crippen molar-refractivity contribution < 1.29 is 13.7 Å². The van der Waals surface area contributed by atoms with E-state index in [1.54, 1.807) is 6.20 Å². The first-order chi connectivity index (χ1) is 19.2. The van der Waals surface area contributed by atoms with Crippen molar-refractivity contribution in [1.29, 1.82) is 5.26 Å². The first kappa shape index (κ1) is 31.8. The minimum Gasteiger partial charge on any atom is -0.413 e. The molecule has 2 atom stereocenters. The molecule has 1 aliphatic heterocycles. The Kier molecular flexibility index (Phi) is 9.77. The molecule has 8 nitrogen and oxygen atoms in total. The van der Waals surface area contributed by atoms with E-state index < -0.39 is 15.4 Å². The first-order valence-electron chi connectivity index (χ1n) is 14.7. The predicted octanol–water partition coefficient (Wildman–Crippen LogP) is 6.97. The van der Waals surface area contributed by atoms with Crippen LogP contribution in [0.3, 0.4) is 0 Å². The standard InChI is InChI=1S/C30H45BClN5O3Si/c1-20-13-23(35-28-34-16-24(32)27(37-28)36-25-12-10-9-11-21(25)15-33)14-22(17-40-41(7,8)29(2,3)4)26(20)31-38-18-30(5,6)19-39-31/h13-14,16,21,25H,9-12,17-19H2,1-8H3,(H2,34,35,36,37)/t21-,25+/m0/s1. The van der Waals surface area contributed by atoms with Crippen LogP contribution >= 0.6 is 11.6 Å². The van der Waals surface area contributed by atoms with Crippen LogP contribution in [0.15, 0.2) is 18.3 Å². The Hall–Kier alpha value is -2.16. The van der Waals surface area contributed by atoms with Gasteiger partial charge in [-0.3, -0.25) is 0 Å². The Labute approximate surface area is 252 Å². The smallest absolute Gasteiger partial charge is 0.413 e. The van der Waals surface area contributed by atoms with Gasteiger partial charge in [-0.1, -0.05) is 59.1 Å². The molecule has 1 saturated carbocycles. The summed E-state index contributed by atoms with van der Waals surface area (Å²) in [6.07, 6.45) is 5.56. The summed E-state index contributed by atoms with van der Waals surface area (Å²) in [7, 11) is -2.45. The van der Waals surface area contributed by atoms with Gasteiger partial charge in [0.2, 0.25) is 5.95 Å². The van der Waals surface area contributed by atoms with Crippen molar-refractivity contribution in [2.45, 2.75) is 98.0 Å². The third-order valence-corrected chi connectivity index (χ3v) is 13.4. The van der Waals surface area contributed by atoms with E-state index in [2.05, 4.69) is 93.4 Å². The normalized spacial score (nSPS) is 21.3. The van der Waals surface area contributed by atoms with Crippen molar-refractivity contribution >= 4 is 50.0 Å². The number of halogens is 1. The molecule has 1 aromatic carbocycles. The molecule has 2 N–H and O–H groups in total. The van der Waals surface area contributed by atoms with E-state index in [0.29, 0.717) is 36.6 Å². The van der Waals surface area contributed by atoms with E-state index in [4.69, 9.17) is 25.3 Å². The summed E-state index contributed by atoms with van der Waals surface area (Å²) in [4.78, 5) is 9.13. The molecule has 41 heavy (non-hydrogen) atoms. The minimum atomic E-state index is -2.01. The number of nitrogens with zero attached hydrogens (tertiary/aromatic N) is 3. The first-order valence-corrected chi connectivity index (χ1v) is 17.9. The summed E-state index contributed by atoms with van der Waals surface area (Å²) < 4.78 is 19.1. The minimum absolute atomic E-state index is 0.0216. The summed E-state index contributed by atoms with van der Waals surface area (Å²) in [6, 6.07) is 6.61. The van der Waals surface area contributed by atoms with E-state index in [0.717, 1.165) is 48.0 Å². The second kappa shape index (κ2) is 12.6. The maximum atomic E-state index is 9.60. The number of nitrogens with one attached hydrogen (secondary N) is 2. The molecule has 0 amide bonds. The number of aryl methyl sites for hydroxylation is 1. The highest BCUT2D eigenvalue weighted by atomic mass is 35.5. The summed E-state index contributed by atoms with van der Waals surface area (Å²) in [5, 5.41) is 16.9. The molecular weight excluding hydrogens is 553 g/mol. The van der Waals surface area contributed by atoms with Crippen LogP contribution in [0, 0.1) is 29.6 Å². The monoisotopic (exact) mass is 597 g/mol. The van der Waals surface area contributed by atoms with Crippen molar-refractivity contribution in [3.63, 3.8) is 0 Å². The summed E-state index contributed by atoms with van der Waals surface area (Å²) in [6.45, 7) is 19.3. The fourth-order valence-corrected chi connectivity index (χ4v) is 6.12. The second-order valence-electron chi connectivity index (χ2n) is 13.8. The Morgan fingerprint density at radius 1 is 1.20 bits per heavy atom. The Balaban J connectivity index is 1.61. The lowest BCUT2D eigenvalue weighted by atomic mass is 9.71. The molecular formula is C30H45BClN5O3Si. The zero-order chi connectivity index (χ0) is 30.0. The van der Waals surface area contributed by atoms with Gasteiger partial charge in [0, 0.05) is 30.4 Å². The van der Waals surface area contributed by atoms with Gasteiger partial charge in [0.15, 0.2) is 14.1 Å². The number of aromatic nitrogens is 2. The summed E-state index contributed by atoms with van der Waals surface area (Å²) >= 11 is 6.47. The molecule has 11 heteroatoms. The average molecular weight is 598 g/mol. The molecule has 0 bridgehead atoms. The molecule has 0 spiro atoms. The molecule has 2 heterocycles. The van der Waals surface area contributed by atoms with Crippen LogP contribution in [-0.2, 0) is 20.3 Å². The molecule has 0 unspecified atom stereocenters. The molecule has 2 aliphatic rings. The largest absolute Gasteiger partial charge is 0.494 e. The molecule has 1 saturated heterocycles. The maximum absolute atomic E-state index is 9.60. The van der Waals surface area contributed by atoms with Gasteiger partial charge in [-0.25, -0.2) is 4.98 Å². The number of rotatable bonds is 8. The van der Waals surface area contributed by atoms with E-state index >= 15 is 0 Å². The molecule has 4 rings (SSSR count). The fourth-order valence-electron chi connectivity index (χ4n) is 5.03. The van der Waals surface area contributed by atoms with E-state index in [9.17, 15) is 5.26 Å². The highest BCUT2D eigenvalue weighted by Crippen LogP contribution is 2.37. The molecule has 222 valence electrons. The predicted molar refractivity (Wildman–Crippen MR) is 170 cm³/mol. The molecule has 2 aromatic rings. The van der Waals surface area contributed by atoms with Crippen molar-refractivity contribution in [3.05, 3.63) is 34.5 Å². The number of hydrogen-bond acceptors (Lipinski definition) is 8. The van der Waals surface area contributed by atoms with Crippen LogP contribution in [0.2, 0.25) is 23.2 Å². The van der Waals surface area contributed by atoms with Gasteiger partial charge in [0.1, 0.15) is 5.02 Å². The van der Waals surface area contributed by atoms with Crippen molar-refractivity contribution in [3.8, 4) is 6.07 Å².